The summed E-state index contributed by atoms with van der Waals surface area (Å²) in [4.78, 5) is 14.4. The topological polar surface area (TPSA) is 41.1 Å². The molecular weight excluding hydrogens is 292 g/mol. The van der Waals surface area contributed by atoms with Gasteiger partial charge in [-0.05, 0) is 36.8 Å². The summed E-state index contributed by atoms with van der Waals surface area (Å²) in [6.45, 7) is 3.14. The molecule has 2 rings (SSSR count). The van der Waals surface area contributed by atoms with E-state index in [2.05, 4.69) is 29.7 Å². The highest BCUT2D eigenvalue weighted by atomic mass is 35.5. The van der Waals surface area contributed by atoms with Gasteiger partial charge in [0.15, 0.2) is 0 Å². The first kappa shape index (κ1) is 15.0. The van der Waals surface area contributed by atoms with Crippen molar-refractivity contribution in [3.05, 3.63) is 51.2 Å². The van der Waals surface area contributed by atoms with Crippen molar-refractivity contribution in [3.63, 3.8) is 0 Å². The summed E-state index contributed by atoms with van der Waals surface area (Å²) >= 11 is 7.64. The molecular formula is C15H17ClN2OS. The summed E-state index contributed by atoms with van der Waals surface area (Å²) in [5.74, 6) is -0.0699. The molecule has 0 aliphatic carbocycles. The van der Waals surface area contributed by atoms with E-state index >= 15 is 0 Å². The number of nitrogens with one attached hydrogen (secondary N) is 2. The van der Waals surface area contributed by atoms with E-state index in [1.807, 2.05) is 12.1 Å². The van der Waals surface area contributed by atoms with Crippen molar-refractivity contribution in [3.8, 4) is 0 Å². The van der Waals surface area contributed by atoms with Crippen LogP contribution >= 0.6 is 22.9 Å². The highest BCUT2D eigenvalue weighted by Crippen LogP contribution is 2.16. The second kappa shape index (κ2) is 7.43. The average molecular weight is 309 g/mol. The first-order valence-corrected chi connectivity index (χ1v) is 7.70. The number of aryl methyl sites for hydroxylation is 1. The molecule has 5 heteroatoms. The number of halogens is 1. The van der Waals surface area contributed by atoms with Gasteiger partial charge in [-0.1, -0.05) is 24.6 Å². The van der Waals surface area contributed by atoms with E-state index in [4.69, 9.17) is 11.6 Å². The zero-order chi connectivity index (χ0) is 14.4. The first-order chi connectivity index (χ1) is 9.67. The van der Waals surface area contributed by atoms with E-state index in [1.54, 1.807) is 23.5 Å². The molecule has 0 fully saturated rings. The molecule has 0 spiro atoms. The zero-order valence-electron chi connectivity index (χ0n) is 11.3. The molecule has 1 amide bonds. The van der Waals surface area contributed by atoms with Crippen molar-refractivity contribution < 1.29 is 4.79 Å². The molecule has 0 aliphatic heterocycles. The number of thiophene rings is 1. The third kappa shape index (κ3) is 4.63. The van der Waals surface area contributed by atoms with Crippen LogP contribution in [0.5, 0.6) is 0 Å². The molecule has 0 radical (unpaired) electrons. The van der Waals surface area contributed by atoms with Crippen LogP contribution in [-0.2, 0) is 17.8 Å². The van der Waals surface area contributed by atoms with Crippen LogP contribution < -0.4 is 10.6 Å². The maximum absolute atomic E-state index is 11.8. The lowest BCUT2D eigenvalue weighted by molar-refractivity contribution is -0.115. The van der Waals surface area contributed by atoms with E-state index in [9.17, 15) is 4.79 Å². The van der Waals surface area contributed by atoms with Crippen LogP contribution in [0.15, 0.2) is 36.4 Å². The van der Waals surface area contributed by atoms with Gasteiger partial charge in [0.25, 0.3) is 0 Å². The molecule has 0 unspecified atom stereocenters. The van der Waals surface area contributed by atoms with Crippen LogP contribution in [-0.4, -0.2) is 12.5 Å². The second-order valence-corrected chi connectivity index (χ2v) is 6.07. The van der Waals surface area contributed by atoms with Crippen LogP contribution in [0, 0.1) is 0 Å². The number of amides is 1. The highest BCUT2D eigenvalue weighted by Gasteiger charge is 2.03. The molecule has 106 valence electrons. The van der Waals surface area contributed by atoms with Crippen molar-refractivity contribution >= 4 is 34.5 Å². The van der Waals surface area contributed by atoms with Crippen LogP contribution in [0.3, 0.4) is 0 Å². The van der Waals surface area contributed by atoms with E-state index in [0.29, 0.717) is 17.3 Å². The highest BCUT2D eigenvalue weighted by molar-refractivity contribution is 7.11. The van der Waals surface area contributed by atoms with Crippen molar-refractivity contribution in [1.82, 2.24) is 5.32 Å². The van der Waals surface area contributed by atoms with Gasteiger partial charge < -0.3 is 10.6 Å². The molecule has 1 heterocycles. The van der Waals surface area contributed by atoms with Crippen LogP contribution in [0.2, 0.25) is 5.02 Å². The number of hydrogen-bond donors (Lipinski definition) is 2. The number of anilines is 1. The Balaban J connectivity index is 1.75. The second-order valence-electron chi connectivity index (χ2n) is 4.38. The standard InChI is InChI=1S/C15H17ClN2OS/c1-2-13-6-7-14(20-13)9-17-10-15(19)18-12-5-3-4-11(16)8-12/h3-8,17H,2,9-10H2,1H3,(H,18,19). The predicted octanol–water partition coefficient (Wildman–Crippen LogP) is 3.69. The first-order valence-electron chi connectivity index (χ1n) is 6.51. The molecule has 1 aromatic heterocycles. The number of rotatable bonds is 6. The molecule has 1 aromatic carbocycles. The van der Waals surface area contributed by atoms with Gasteiger partial charge >= 0.3 is 0 Å². The third-order valence-electron chi connectivity index (χ3n) is 2.76. The minimum atomic E-state index is -0.0699. The molecule has 0 aliphatic rings. The summed E-state index contributed by atoms with van der Waals surface area (Å²) in [5.41, 5.74) is 0.716. The summed E-state index contributed by atoms with van der Waals surface area (Å²) < 4.78 is 0. The lowest BCUT2D eigenvalue weighted by Crippen LogP contribution is -2.27. The average Bonchev–Trinajstić information content (AvgIpc) is 2.86. The van der Waals surface area contributed by atoms with Crippen molar-refractivity contribution in [2.75, 3.05) is 11.9 Å². The summed E-state index contributed by atoms with van der Waals surface area (Å²) in [6, 6.07) is 11.4. The fourth-order valence-electron chi connectivity index (χ4n) is 1.78. The van der Waals surface area contributed by atoms with Crippen LogP contribution in [0.4, 0.5) is 5.69 Å². The van der Waals surface area contributed by atoms with E-state index in [-0.39, 0.29) is 12.5 Å². The quantitative estimate of drug-likeness (QED) is 0.854. The number of hydrogen-bond acceptors (Lipinski definition) is 3. The monoisotopic (exact) mass is 308 g/mol. The van der Waals surface area contributed by atoms with Gasteiger partial charge in [-0.3, -0.25) is 4.79 Å². The van der Waals surface area contributed by atoms with Crippen LogP contribution in [0.1, 0.15) is 16.7 Å². The van der Waals surface area contributed by atoms with Crippen molar-refractivity contribution in [2.24, 2.45) is 0 Å². The van der Waals surface area contributed by atoms with Gasteiger partial charge in [0, 0.05) is 27.0 Å². The van der Waals surface area contributed by atoms with Gasteiger partial charge in [-0.25, -0.2) is 0 Å². The Morgan fingerprint density at radius 3 is 2.75 bits per heavy atom. The van der Waals surface area contributed by atoms with E-state index in [0.717, 1.165) is 6.42 Å². The van der Waals surface area contributed by atoms with Gasteiger partial charge in [-0.15, -0.1) is 11.3 Å². The van der Waals surface area contributed by atoms with Crippen molar-refractivity contribution in [1.29, 1.82) is 0 Å². The number of benzene rings is 1. The normalized spacial score (nSPS) is 10.5. The maximum atomic E-state index is 11.8. The third-order valence-corrected chi connectivity index (χ3v) is 4.22. The zero-order valence-corrected chi connectivity index (χ0v) is 12.9. The Hall–Kier alpha value is -1.36. The Labute approximate surface area is 128 Å². The molecule has 2 aromatic rings. The largest absolute Gasteiger partial charge is 0.325 e. The molecule has 20 heavy (non-hydrogen) atoms. The molecule has 2 N–H and O–H groups in total. The fourth-order valence-corrected chi connectivity index (χ4v) is 2.90. The van der Waals surface area contributed by atoms with Gasteiger partial charge in [0.1, 0.15) is 0 Å². The smallest absolute Gasteiger partial charge is 0.238 e. The predicted molar refractivity (Wildman–Crippen MR) is 85.5 cm³/mol. The molecule has 0 saturated heterocycles. The van der Waals surface area contributed by atoms with Gasteiger partial charge in [0.05, 0.1) is 6.54 Å². The Morgan fingerprint density at radius 2 is 2.05 bits per heavy atom. The van der Waals surface area contributed by atoms with Crippen LogP contribution in [0.25, 0.3) is 0 Å². The van der Waals surface area contributed by atoms with Gasteiger partial charge in [0.2, 0.25) is 5.91 Å². The minimum Gasteiger partial charge on any atom is -0.325 e. The Bertz CT molecular complexity index is 583. The Kier molecular flexibility index (Phi) is 5.59. The molecule has 0 saturated carbocycles. The van der Waals surface area contributed by atoms with E-state index in [1.165, 1.54) is 9.75 Å². The Morgan fingerprint density at radius 1 is 1.25 bits per heavy atom. The molecule has 3 nitrogen and oxygen atoms in total. The number of carbonyl (C=O) groups excluding carboxylic acids is 1. The minimum absolute atomic E-state index is 0.0699. The van der Waals surface area contributed by atoms with Gasteiger partial charge in [-0.2, -0.15) is 0 Å². The summed E-state index contributed by atoms with van der Waals surface area (Å²) in [6.07, 6.45) is 1.06. The molecule has 0 atom stereocenters. The summed E-state index contributed by atoms with van der Waals surface area (Å²) in [7, 11) is 0. The fraction of sp³-hybridized carbons (Fsp3) is 0.267. The van der Waals surface area contributed by atoms with Crippen molar-refractivity contribution in [2.45, 2.75) is 19.9 Å². The SMILES string of the molecule is CCc1ccc(CNCC(=O)Nc2cccc(Cl)c2)s1. The lowest BCUT2D eigenvalue weighted by atomic mass is 10.3. The van der Waals surface area contributed by atoms with E-state index < -0.39 is 0 Å². The lowest BCUT2D eigenvalue weighted by Gasteiger charge is -2.06. The maximum Gasteiger partial charge on any atom is 0.238 e. The molecule has 0 bridgehead atoms. The summed E-state index contributed by atoms with van der Waals surface area (Å²) in [5, 5.41) is 6.55. The number of carbonyl (C=O) groups is 1.